The quantitative estimate of drug-likeness (QED) is 0.245. The number of aromatic nitrogens is 3. The van der Waals surface area contributed by atoms with Crippen LogP contribution in [0.4, 0.5) is 19.0 Å². The number of ether oxygens (including phenoxy) is 2. The van der Waals surface area contributed by atoms with Crippen molar-refractivity contribution in [2.24, 2.45) is 11.7 Å². The van der Waals surface area contributed by atoms with Crippen LogP contribution in [0.3, 0.4) is 0 Å². The largest absolute Gasteiger partial charge is 0.508 e. The zero-order valence-corrected chi connectivity index (χ0v) is 22.4. The number of primary amides is 1. The number of aromatic hydroxyl groups is 1. The van der Waals surface area contributed by atoms with Crippen molar-refractivity contribution in [1.82, 2.24) is 15.0 Å². The Hall–Kier alpha value is -4.79. The molecule has 2 aliphatic heterocycles. The SMILES string of the molecule is C#Cc1c(F)ccc2cc(O)cc(-c3nc4c5c(nc(OCCCCF)nc5c3F)N3CC(C(N)=O)CCC3CO4)c12. The number of anilines is 1. The standard InChI is InChI=1S/C30H26F3N5O4/c1-2-19-21(32)8-6-15-11-18(39)12-20(22(15)19)25-24(33)26-23-28(37-30(36-26)41-10-4-3-9-31)38-13-16(27(34)40)5-7-17(38)14-42-29(23)35-25/h1,6,8,11-12,16-17,39H,3-5,7,9-10,13-14H2,(H2,34,40). The molecule has 216 valence electrons. The molecular formula is C30H26F3N5O4. The number of carbonyl (C=O) groups is 1. The molecule has 4 heterocycles. The van der Waals surface area contributed by atoms with Crippen LogP contribution >= 0.6 is 0 Å². The number of phenols is 1. The maximum absolute atomic E-state index is 16.6. The van der Waals surface area contributed by atoms with E-state index < -0.39 is 30.1 Å². The molecule has 0 saturated carbocycles. The lowest BCUT2D eigenvalue weighted by Gasteiger charge is -2.38. The number of terminal acetylenes is 1. The molecule has 2 aromatic carbocycles. The summed E-state index contributed by atoms with van der Waals surface area (Å²) >= 11 is 0. The number of phenolic OH excluding ortho intramolecular Hbond substituents is 1. The van der Waals surface area contributed by atoms with Gasteiger partial charge in [-0.25, -0.2) is 13.8 Å². The highest BCUT2D eigenvalue weighted by Gasteiger charge is 2.38. The summed E-state index contributed by atoms with van der Waals surface area (Å²) < 4.78 is 55.9. The zero-order chi connectivity index (χ0) is 29.5. The number of amides is 1. The molecule has 4 aromatic rings. The maximum Gasteiger partial charge on any atom is 0.319 e. The van der Waals surface area contributed by atoms with Gasteiger partial charge in [0.1, 0.15) is 40.6 Å². The van der Waals surface area contributed by atoms with Crippen molar-refractivity contribution < 1.29 is 32.5 Å². The number of pyridine rings is 1. The Balaban J connectivity index is 1.61. The lowest BCUT2D eigenvalue weighted by Crippen LogP contribution is -2.49. The van der Waals surface area contributed by atoms with Crippen molar-refractivity contribution >= 4 is 33.4 Å². The van der Waals surface area contributed by atoms with Crippen molar-refractivity contribution in [2.45, 2.75) is 31.7 Å². The van der Waals surface area contributed by atoms with Crippen molar-refractivity contribution in [3.63, 3.8) is 0 Å². The van der Waals surface area contributed by atoms with Crippen molar-refractivity contribution in [2.75, 3.05) is 31.3 Å². The van der Waals surface area contributed by atoms with Crippen LogP contribution in [0.25, 0.3) is 32.9 Å². The Morgan fingerprint density at radius 2 is 2.02 bits per heavy atom. The number of piperidine rings is 1. The average Bonchev–Trinajstić information content (AvgIpc) is 3.13. The molecule has 2 atom stereocenters. The zero-order valence-electron chi connectivity index (χ0n) is 22.4. The number of hydrogen-bond donors (Lipinski definition) is 2. The molecule has 2 aromatic heterocycles. The first kappa shape index (κ1) is 27.4. The number of rotatable bonds is 7. The Bertz CT molecular complexity index is 1780. The van der Waals surface area contributed by atoms with Gasteiger partial charge in [-0.3, -0.25) is 9.18 Å². The third-order valence-electron chi connectivity index (χ3n) is 7.72. The van der Waals surface area contributed by atoms with E-state index in [0.717, 1.165) is 0 Å². The summed E-state index contributed by atoms with van der Waals surface area (Å²) in [5.74, 6) is -0.141. The summed E-state index contributed by atoms with van der Waals surface area (Å²) in [6.45, 7) is -0.0545. The molecule has 2 unspecified atom stereocenters. The van der Waals surface area contributed by atoms with E-state index in [1.54, 1.807) is 0 Å². The second-order valence-electron chi connectivity index (χ2n) is 10.3. The number of unbranched alkanes of at least 4 members (excludes halogenated alkanes) is 1. The number of nitrogens with zero attached hydrogens (tertiary/aromatic N) is 4. The lowest BCUT2D eigenvalue weighted by molar-refractivity contribution is -0.122. The van der Waals surface area contributed by atoms with Gasteiger partial charge >= 0.3 is 6.01 Å². The summed E-state index contributed by atoms with van der Waals surface area (Å²) in [5.41, 5.74) is 5.07. The minimum Gasteiger partial charge on any atom is -0.508 e. The highest BCUT2D eigenvalue weighted by atomic mass is 19.1. The van der Waals surface area contributed by atoms with E-state index in [1.807, 2.05) is 4.90 Å². The van der Waals surface area contributed by atoms with Gasteiger partial charge in [0.15, 0.2) is 5.82 Å². The van der Waals surface area contributed by atoms with Crippen LogP contribution in [-0.2, 0) is 4.79 Å². The molecule has 0 bridgehead atoms. The minimum absolute atomic E-state index is 0.0144. The Labute approximate surface area is 238 Å². The smallest absolute Gasteiger partial charge is 0.319 e. The van der Waals surface area contributed by atoms with Gasteiger partial charge in [-0.1, -0.05) is 12.0 Å². The van der Waals surface area contributed by atoms with Gasteiger partial charge < -0.3 is 25.2 Å². The summed E-state index contributed by atoms with van der Waals surface area (Å²) in [5, 5.41) is 11.2. The second-order valence-corrected chi connectivity index (χ2v) is 10.3. The first-order valence-corrected chi connectivity index (χ1v) is 13.5. The van der Waals surface area contributed by atoms with Crippen LogP contribution < -0.4 is 20.1 Å². The van der Waals surface area contributed by atoms with Crippen molar-refractivity contribution in [3.05, 3.63) is 41.5 Å². The van der Waals surface area contributed by atoms with Crippen LogP contribution in [0.2, 0.25) is 0 Å². The number of halogens is 3. The van der Waals surface area contributed by atoms with Gasteiger partial charge in [0.25, 0.3) is 0 Å². The van der Waals surface area contributed by atoms with E-state index in [0.29, 0.717) is 24.6 Å². The topological polar surface area (TPSA) is 124 Å². The molecule has 0 spiro atoms. The summed E-state index contributed by atoms with van der Waals surface area (Å²) in [6, 6.07) is 4.85. The number of alkyl halides is 1. The molecule has 3 N–H and O–H groups in total. The Kier molecular flexibility index (Phi) is 7.10. The summed E-state index contributed by atoms with van der Waals surface area (Å²) in [4.78, 5) is 27.3. The van der Waals surface area contributed by atoms with Crippen molar-refractivity contribution in [1.29, 1.82) is 0 Å². The molecule has 42 heavy (non-hydrogen) atoms. The molecular weight excluding hydrogens is 551 g/mol. The third kappa shape index (κ3) is 4.64. The van der Waals surface area contributed by atoms with Gasteiger partial charge in [0, 0.05) is 17.5 Å². The fourth-order valence-electron chi connectivity index (χ4n) is 5.64. The highest BCUT2D eigenvalue weighted by molar-refractivity contribution is 6.04. The normalized spacial score (nSPS) is 17.8. The number of benzene rings is 2. The molecule has 6 rings (SSSR count). The molecule has 0 aliphatic carbocycles. The number of nitrogens with two attached hydrogens (primary N) is 1. The van der Waals surface area contributed by atoms with E-state index in [4.69, 9.17) is 21.6 Å². The Morgan fingerprint density at radius 1 is 1.19 bits per heavy atom. The van der Waals surface area contributed by atoms with Crippen LogP contribution in [0.1, 0.15) is 31.2 Å². The number of fused-ring (bicyclic) bond motifs is 3. The van der Waals surface area contributed by atoms with E-state index in [1.165, 1.54) is 24.3 Å². The monoisotopic (exact) mass is 577 g/mol. The number of hydrogen-bond acceptors (Lipinski definition) is 8. The van der Waals surface area contributed by atoms with E-state index in [-0.39, 0.29) is 88.8 Å². The first-order chi connectivity index (χ1) is 20.3. The van der Waals surface area contributed by atoms with E-state index in [2.05, 4.69) is 20.9 Å². The van der Waals surface area contributed by atoms with Gasteiger partial charge in [-0.15, -0.1) is 6.42 Å². The highest BCUT2D eigenvalue weighted by Crippen LogP contribution is 2.44. The van der Waals surface area contributed by atoms with Crippen molar-refractivity contribution in [3.8, 4) is 41.2 Å². The molecule has 0 radical (unpaired) electrons. The average molecular weight is 578 g/mol. The van der Waals surface area contributed by atoms with Crippen LogP contribution in [0, 0.1) is 29.9 Å². The molecule has 1 amide bonds. The summed E-state index contributed by atoms with van der Waals surface area (Å²) in [6.07, 6.45) is 7.39. The molecule has 12 heteroatoms. The molecule has 9 nitrogen and oxygen atoms in total. The molecule has 2 aliphatic rings. The fourth-order valence-corrected chi connectivity index (χ4v) is 5.64. The Morgan fingerprint density at radius 3 is 2.79 bits per heavy atom. The van der Waals surface area contributed by atoms with E-state index in [9.17, 15) is 18.7 Å². The first-order valence-electron chi connectivity index (χ1n) is 13.5. The predicted molar refractivity (Wildman–Crippen MR) is 149 cm³/mol. The lowest BCUT2D eigenvalue weighted by atomic mass is 9.92. The minimum atomic E-state index is -0.907. The fraction of sp³-hybridized carbons (Fsp3) is 0.333. The molecule has 1 saturated heterocycles. The third-order valence-corrected chi connectivity index (χ3v) is 7.72. The van der Waals surface area contributed by atoms with Gasteiger partial charge in [-0.05, 0) is 49.3 Å². The van der Waals surface area contributed by atoms with Gasteiger partial charge in [-0.2, -0.15) is 9.97 Å². The van der Waals surface area contributed by atoms with Gasteiger partial charge in [0.2, 0.25) is 11.8 Å². The van der Waals surface area contributed by atoms with E-state index >= 15 is 4.39 Å². The second kappa shape index (κ2) is 10.9. The van der Waals surface area contributed by atoms with Crippen LogP contribution in [0.5, 0.6) is 17.6 Å². The van der Waals surface area contributed by atoms with Gasteiger partial charge in [0.05, 0.1) is 30.8 Å². The number of carbonyl (C=O) groups excluding carboxylic acids is 1. The predicted octanol–water partition coefficient (Wildman–Crippen LogP) is 4.40. The molecule has 1 fully saturated rings. The van der Waals surface area contributed by atoms with Crippen LogP contribution in [-0.4, -0.2) is 58.4 Å². The van der Waals surface area contributed by atoms with Crippen LogP contribution in [0.15, 0.2) is 24.3 Å². The maximum atomic E-state index is 16.6. The summed E-state index contributed by atoms with van der Waals surface area (Å²) in [7, 11) is 0.